The van der Waals surface area contributed by atoms with E-state index in [0.29, 0.717) is 33.6 Å². The molecule has 0 aliphatic carbocycles. The van der Waals surface area contributed by atoms with E-state index in [1.807, 2.05) is 0 Å². The summed E-state index contributed by atoms with van der Waals surface area (Å²) in [4.78, 5) is 15.3. The summed E-state index contributed by atoms with van der Waals surface area (Å²) in [5, 5.41) is 25.0. The molecule has 4 rings (SSSR count). The Bertz CT molecular complexity index is 1480. The van der Waals surface area contributed by atoms with Crippen molar-refractivity contribution in [3.63, 3.8) is 0 Å². The topological polar surface area (TPSA) is 110 Å². The number of nitriles is 1. The lowest BCUT2D eigenvalue weighted by atomic mass is 10.1. The zero-order valence-corrected chi connectivity index (χ0v) is 20.4. The smallest absolute Gasteiger partial charge is 0.311 e. The first-order valence-electron chi connectivity index (χ1n) is 10.5. The number of hydrogen-bond donors (Lipinski definition) is 1. The van der Waals surface area contributed by atoms with Gasteiger partial charge in [0.15, 0.2) is 5.75 Å². The van der Waals surface area contributed by atoms with Crippen LogP contribution in [0.3, 0.4) is 0 Å². The highest BCUT2D eigenvalue weighted by molar-refractivity contribution is 6.32. The molecule has 0 amide bonds. The van der Waals surface area contributed by atoms with Gasteiger partial charge in [-0.2, -0.15) is 5.26 Å². The number of nitro benzene ring substituents is 1. The minimum atomic E-state index is -0.547. The van der Waals surface area contributed by atoms with Gasteiger partial charge in [0, 0.05) is 29.4 Å². The molecule has 0 aliphatic heterocycles. The highest BCUT2D eigenvalue weighted by atomic mass is 35.5. The van der Waals surface area contributed by atoms with Crippen LogP contribution in [0.15, 0.2) is 60.8 Å². The fourth-order valence-electron chi connectivity index (χ4n) is 3.47. The van der Waals surface area contributed by atoms with Crippen molar-refractivity contribution in [1.82, 2.24) is 4.98 Å². The monoisotopic (exact) mass is 528 g/mol. The summed E-state index contributed by atoms with van der Waals surface area (Å²) in [6.07, 6.45) is 1.38. The van der Waals surface area contributed by atoms with Crippen LogP contribution < -0.4 is 14.8 Å². The normalized spacial score (nSPS) is 10.3. The second-order valence-electron chi connectivity index (χ2n) is 7.37. The maximum Gasteiger partial charge on any atom is 0.311 e. The number of benzene rings is 3. The molecular weight excluding hydrogens is 510 g/mol. The molecule has 0 unspecified atom stereocenters. The van der Waals surface area contributed by atoms with Crippen molar-refractivity contribution in [3.8, 4) is 17.6 Å². The highest BCUT2D eigenvalue weighted by Gasteiger charge is 2.20. The average Bonchev–Trinajstić information content (AvgIpc) is 2.83. The lowest BCUT2D eigenvalue weighted by molar-refractivity contribution is -0.385. The molecule has 8 nitrogen and oxygen atoms in total. The van der Waals surface area contributed by atoms with E-state index in [4.69, 9.17) is 21.1 Å². The number of rotatable bonds is 8. The number of halogens is 3. The Balaban J connectivity index is 0.00000361. The zero-order valence-electron chi connectivity index (χ0n) is 18.8. The molecule has 184 valence electrons. The number of aromatic nitrogens is 1. The molecule has 1 N–H and O–H groups in total. The zero-order chi connectivity index (χ0) is 24.9. The summed E-state index contributed by atoms with van der Waals surface area (Å²) < 4.78 is 24.5. The van der Waals surface area contributed by atoms with Crippen molar-refractivity contribution in [2.45, 2.75) is 13.5 Å². The largest absolute Gasteiger partial charge is 0.487 e. The predicted octanol–water partition coefficient (Wildman–Crippen LogP) is 6.95. The molecule has 11 heteroatoms. The standard InChI is InChI=1S/C25H18ClFN4O4.ClH/c1-2-34-24-11-21-19(10-22(24)31(32)33)25(16(12-28)13-29-21)30-18-6-7-23(20(26)9-18)35-14-15-4-3-5-17(27)8-15;/h3-11,13H,2,14H2,1H3,(H,29,30);1H. The van der Waals surface area contributed by atoms with Crippen LogP contribution in [0.5, 0.6) is 11.5 Å². The van der Waals surface area contributed by atoms with Gasteiger partial charge in [0.2, 0.25) is 0 Å². The van der Waals surface area contributed by atoms with Crippen LogP contribution >= 0.6 is 24.0 Å². The van der Waals surface area contributed by atoms with Gasteiger partial charge in [0.05, 0.1) is 33.3 Å². The van der Waals surface area contributed by atoms with Gasteiger partial charge in [-0.3, -0.25) is 15.1 Å². The van der Waals surface area contributed by atoms with Crippen molar-refractivity contribution in [2.75, 3.05) is 11.9 Å². The van der Waals surface area contributed by atoms with Crippen molar-refractivity contribution in [2.24, 2.45) is 0 Å². The van der Waals surface area contributed by atoms with Crippen LogP contribution in [-0.2, 0) is 6.61 Å². The van der Waals surface area contributed by atoms with Gasteiger partial charge >= 0.3 is 5.69 Å². The third-order valence-electron chi connectivity index (χ3n) is 5.05. The van der Waals surface area contributed by atoms with E-state index in [-0.39, 0.29) is 53.5 Å². The Morgan fingerprint density at radius 2 is 1.97 bits per heavy atom. The fraction of sp³-hybridized carbons (Fsp3) is 0.120. The number of anilines is 2. The SMILES string of the molecule is CCOc1cc2ncc(C#N)c(Nc3ccc(OCc4cccc(F)c4)c(Cl)c3)c2cc1[N+](=O)[O-].Cl. The number of nitrogens with zero attached hydrogens (tertiary/aromatic N) is 3. The fourth-order valence-corrected chi connectivity index (χ4v) is 3.70. The maximum absolute atomic E-state index is 13.4. The van der Waals surface area contributed by atoms with Gasteiger partial charge in [0.25, 0.3) is 0 Å². The van der Waals surface area contributed by atoms with Crippen molar-refractivity contribution in [1.29, 1.82) is 5.26 Å². The Hall–Kier alpha value is -4.13. The van der Waals surface area contributed by atoms with Crippen molar-refractivity contribution < 1.29 is 18.8 Å². The summed E-state index contributed by atoms with van der Waals surface area (Å²) in [7, 11) is 0. The quantitative estimate of drug-likeness (QED) is 0.194. The van der Waals surface area contributed by atoms with Crippen LogP contribution in [0.4, 0.5) is 21.5 Å². The maximum atomic E-state index is 13.4. The van der Waals surface area contributed by atoms with E-state index in [2.05, 4.69) is 16.4 Å². The van der Waals surface area contributed by atoms with Gasteiger partial charge in [-0.1, -0.05) is 23.7 Å². The summed E-state index contributed by atoms with van der Waals surface area (Å²) in [6, 6.07) is 15.8. The third kappa shape index (κ3) is 5.74. The molecule has 0 spiro atoms. The van der Waals surface area contributed by atoms with E-state index >= 15 is 0 Å². The lowest BCUT2D eigenvalue weighted by Crippen LogP contribution is -2.01. The van der Waals surface area contributed by atoms with Gasteiger partial charge < -0.3 is 14.8 Å². The predicted molar refractivity (Wildman–Crippen MR) is 137 cm³/mol. The first-order chi connectivity index (χ1) is 16.9. The number of ether oxygens (including phenoxy) is 2. The van der Waals surface area contributed by atoms with Crippen LogP contribution in [0.1, 0.15) is 18.1 Å². The van der Waals surface area contributed by atoms with E-state index < -0.39 is 4.92 Å². The van der Waals surface area contributed by atoms with Crippen molar-refractivity contribution >= 4 is 52.0 Å². The van der Waals surface area contributed by atoms with E-state index in [0.717, 1.165) is 0 Å². The minimum Gasteiger partial charge on any atom is -0.487 e. The molecule has 0 bridgehead atoms. The summed E-state index contributed by atoms with van der Waals surface area (Å²) in [5.74, 6) is 0.123. The number of nitro groups is 1. The lowest BCUT2D eigenvalue weighted by Gasteiger charge is -2.14. The van der Waals surface area contributed by atoms with E-state index in [1.54, 1.807) is 37.3 Å². The molecular formula is C25H19Cl2FN4O4. The molecule has 3 aromatic carbocycles. The molecule has 1 aromatic heterocycles. The average molecular weight is 529 g/mol. The van der Waals surface area contributed by atoms with Crippen LogP contribution in [0.2, 0.25) is 5.02 Å². The number of fused-ring (bicyclic) bond motifs is 1. The molecule has 36 heavy (non-hydrogen) atoms. The van der Waals surface area contributed by atoms with Crippen LogP contribution in [-0.4, -0.2) is 16.5 Å². The molecule has 0 saturated heterocycles. The van der Waals surface area contributed by atoms with Gasteiger partial charge in [-0.05, 0) is 42.8 Å². The van der Waals surface area contributed by atoms with Crippen molar-refractivity contribution in [3.05, 3.63) is 92.9 Å². The Labute approximate surface area is 216 Å². The van der Waals surface area contributed by atoms with Gasteiger partial charge in [0.1, 0.15) is 24.2 Å². The Morgan fingerprint density at radius 1 is 1.17 bits per heavy atom. The minimum absolute atomic E-state index is 0. The summed E-state index contributed by atoms with van der Waals surface area (Å²) >= 11 is 6.39. The van der Waals surface area contributed by atoms with Crippen LogP contribution in [0.25, 0.3) is 10.9 Å². The molecule has 4 aromatic rings. The van der Waals surface area contributed by atoms with Gasteiger partial charge in [-0.25, -0.2) is 4.39 Å². The van der Waals surface area contributed by atoms with E-state index in [9.17, 15) is 19.8 Å². The summed E-state index contributed by atoms with van der Waals surface area (Å²) in [5.41, 5.74) is 1.89. The highest BCUT2D eigenvalue weighted by Crippen LogP contribution is 2.38. The second kappa shape index (κ2) is 11.5. The summed E-state index contributed by atoms with van der Waals surface area (Å²) in [6.45, 7) is 2.10. The molecule has 0 saturated carbocycles. The number of pyridine rings is 1. The Morgan fingerprint density at radius 3 is 2.64 bits per heavy atom. The molecule has 0 atom stereocenters. The second-order valence-corrected chi connectivity index (χ2v) is 7.78. The molecule has 0 aliphatic rings. The first-order valence-corrected chi connectivity index (χ1v) is 10.8. The Kier molecular flexibility index (Phi) is 8.48. The number of nitrogens with one attached hydrogen (secondary N) is 1. The van der Waals surface area contributed by atoms with Crippen LogP contribution in [0, 0.1) is 27.3 Å². The number of hydrogen-bond acceptors (Lipinski definition) is 7. The molecule has 0 fully saturated rings. The van der Waals surface area contributed by atoms with Gasteiger partial charge in [-0.15, -0.1) is 12.4 Å². The molecule has 0 radical (unpaired) electrons. The molecule has 1 heterocycles. The van der Waals surface area contributed by atoms with E-state index in [1.165, 1.54) is 30.5 Å². The first kappa shape index (κ1) is 26.5. The third-order valence-corrected chi connectivity index (χ3v) is 5.35.